The number of carbonyl (C=O) groups excluding carboxylic acids is 1. The third-order valence-corrected chi connectivity index (χ3v) is 4.72. The van der Waals surface area contributed by atoms with Crippen LogP contribution in [0.4, 0.5) is 5.69 Å². The van der Waals surface area contributed by atoms with Gasteiger partial charge in [-0.05, 0) is 54.2 Å². The molecule has 0 bridgehead atoms. The molecule has 2 nitrogen and oxygen atoms in total. The third-order valence-electron chi connectivity index (χ3n) is 4.25. The van der Waals surface area contributed by atoms with Crippen molar-refractivity contribution in [2.45, 2.75) is 24.7 Å². The second-order valence-corrected chi connectivity index (χ2v) is 6.60. The molecule has 1 aliphatic heterocycles. The first kappa shape index (κ1) is 16.1. The van der Waals surface area contributed by atoms with Crippen LogP contribution in [0, 0.1) is 0 Å². The van der Waals surface area contributed by atoms with Gasteiger partial charge in [-0.25, -0.2) is 0 Å². The van der Waals surface area contributed by atoms with E-state index in [1.54, 1.807) is 6.07 Å². The Morgan fingerprint density at radius 1 is 1.17 bits per heavy atom. The summed E-state index contributed by atoms with van der Waals surface area (Å²) in [5, 5.41) is 4.25. The van der Waals surface area contributed by atoms with Gasteiger partial charge in [-0.1, -0.05) is 47.5 Å². The van der Waals surface area contributed by atoms with Crippen LogP contribution in [0.2, 0.25) is 10.0 Å². The second-order valence-electron chi connectivity index (χ2n) is 5.73. The minimum Gasteiger partial charge on any atom is -0.325 e. The predicted octanol–water partition coefficient (Wildman–Crippen LogP) is 5.78. The molecular formula is C19H17Cl2NO. The van der Waals surface area contributed by atoms with E-state index in [9.17, 15) is 4.79 Å². The summed E-state index contributed by atoms with van der Waals surface area (Å²) < 4.78 is 0. The average molecular weight is 346 g/mol. The lowest BCUT2D eigenvalue weighted by molar-refractivity contribution is -0.117. The second kappa shape index (κ2) is 6.77. The molecule has 1 amide bonds. The minimum atomic E-state index is -0.235. The molecule has 3 rings (SSSR count). The smallest absolute Gasteiger partial charge is 0.232 e. The quantitative estimate of drug-likeness (QED) is 0.683. The molecule has 23 heavy (non-hydrogen) atoms. The molecule has 118 valence electrons. The van der Waals surface area contributed by atoms with E-state index in [0.29, 0.717) is 10.0 Å². The Bertz CT molecular complexity index is 757. The summed E-state index contributed by atoms with van der Waals surface area (Å²) in [6.07, 6.45) is 3.56. The fourth-order valence-corrected chi connectivity index (χ4v) is 3.59. The highest BCUT2D eigenvalue weighted by Crippen LogP contribution is 2.45. The molecule has 0 aromatic heterocycles. The molecule has 2 atom stereocenters. The number of benzene rings is 2. The zero-order chi connectivity index (χ0) is 16.4. The van der Waals surface area contributed by atoms with Crippen molar-refractivity contribution in [1.29, 1.82) is 0 Å². The van der Waals surface area contributed by atoms with Gasteiger partial charge in [-0.15, -0.1) is 6.58 Å². The number of fused-ring (bicyclic) bond motifs is 1. The lowest BCUT2D eigenvalue weighted by atomic mass is 9.79. The van der Waals surface area contributed by atoms with Crippen LogP contribution in [-0.4, -0.2) is 5.91 Å². The molecule has 1 heterocycles. The van der Waals surface area contributed by atoms with Gasteiger partial charge in [0.25, 0.3) is 0 Å². The van der Waals surface area contributed by atoms with E-state index in [0.717, 1.165) is 29.7 Å². The predicted molar refractivity (Wildman–Crippen MR) is 96.4 cm³/mol. The van der Waals surface area contributed by atoms with E-state index in [1.165, 1.54) is 0 Å². The molecule has 4 heteroatoms. The Morgan fingerprint density at radius 2 is 1.96 bits per heavy atom. The van der Waals surface area contributed by atoms with Crippen LogP contribution in [0.25, 0.3) is 0 Å². The molecule has 0 saturated heterocycles. The van der Waals surface area contributed by atoms with Crippen molar-refractivity contribution in [3.8, 4) is 0 Å². The molecular weight excluding hydrogens is 329 g/mol. The Kier molecular flexibility index (Phi) is 4.74. The van der Waals surface area contributed by atoms with E-state index < -0.39 is 0 Å². The topological polar surface area (TPSA) is 29.1 Å². The van der Waals surface area contributed by atoms with Crippen LogP contribution in [0.3, 0.4) is 0 Å². The lowest BCUT2D eigenvalue weighted by Crippen LogP contribution is -2.19. The van der Waals surface area contributed by atoms with Gasteiger partial charge in [0.2, 0.25) is 5.91 Å². The summed E-state index contributed by atoms with van der Waals surface area (Å²) in [6, 6.07) is 13.3. The van der Waals surface area contributed by atoms with Crippen molar-refractivity contribution < 1.29 is 4.79 Å². The number of anilines is 1. The fraction of sp³-hybridized carbons (Fsp3) is 0.211. The minimum absolute atomic E-state index is 0.0105. The van der Waals surface area contributed by atoms with Gasteiger partial charge in [0.1, 0.15) is 0 Å². The largest absolute Gasteiger partial charge is 0.325 e. The summed E-state index contributed by atoms with van der Waals surface area (Å²) in [5.74, 6) is -0.175. The maximum atomic E-state index is 12.6. The van der Waals surface area contributed by atoms with Crippen LogP contribution in [0.1, 0.15) is 35.8 Å². The summed E-state index contributed by atoms with van der Waals surface area (Å²) in [7, 11) is 0. The number of halogens is 2. The van der Waals surface area contributed by atoms with Crippen molar-refractivity contribution >= 4 is 34.8 Å². The molecule has 1 aliphatic rings. The highest BCUT2D eigenvalue weighted by Gasteiger charge is 2.37. The van der Waals surface area contributed by atoms with Gasteiger partial charge < -0.3 is 5.32 Å². The SMILES string of the molecule is C=CCC[C@H](c1cccc(Cl)c1)[C@H]1C(=O)Nc2cc(Cl)ccc21. The first-order chi connectivity index (χ1) is 11.1. The Balaban J connectivity index is 2.03. The van der Waals surface area contributed by atoms with Crippen LogP contribution in [0.5, 0.6) is 0 Å². The number of allylic oxidation sites excluding steroid dienone is 1. The standard InChI is InChI=1S/C19H17Cl2NO/c1-2-3-7-15(12-5-4-6-13(20)10-12)18-16-9-8-14(21)11-17(16)22-19(18)23/h2,4-6,8-11,15,18H,1,3,7H2,(H,22,23)/t15-,18-/m1/s1. The molecule has 0 unspecified atom stereocenters. The Hall–Kier alpha value is -1.77. The van der Waals surface area contributed by atoms with E-state index in [-0.39, 0.29) is 17.7 Å². The molecule has 0 radical (unpaired) electrons. The van der Waals surface area contributed by atoms with Gasteiger partial charge in [-0.2, -0.15) is 0 Å². The van der Waals surface area contributed by atoms with Gasteiger partial charge in [0.05, 0.1) is 5.92 Å². The zero-order valence-electron chi connectivity index (χ0n) is 12.6. The average Bonchev–Trinajstić information content (AvgIpc) is 2.83. The molecule has 0 spiro atoms. The first-order valence-electron chi connectivity index (χ1n) is 7.57. The Morgan fingerprint density at radius 3 is 2.70 bits per heavy atom. The molecule has 2 aromatic rings. The number of nitrogens with one attached hydrogen (secondary N) is 1. The van der Waals surface area contributed by atoms with Gasteiger partial charge in [0, 0.05) is 15.7 Å². The third kappa shape index (κ3) is 3.29. The maximum absolute atomic E-state index is 12.6. The summed E-state index contributed by atoms with van der Waals surface area (Å²) in [4.78, 5) is 12.6. The number of rotatable bonds is 5. The lowest BCUT2D eigenvalue weighted by Gasteiger charge is -2.23. The van der Waals surface area contributed by atoms with E-state index in [1.807, 2.05) is 42.5 Å². The monoisotopic (exact) mass is 345 g/mol. The van der Waals surface area contributed by atoms with Crippen LogP contribution in [0.15, 0.2) is 55.1 Å². The van der Waals surface area contributed by atoms with Crippen LogP contribution in [-0.2, 0) is 4.79 Å². The molecule has 2 aromatic carbocycles. The molecule has 0 saturated carbocycles. The van der Waals surface area contributed by atoms with Crippen molar-refractivity contribution in [3.05, 3.63) is 76.3 Å². The molecule has 1 N–H and O–H groups in total. The van der Waals surface area contributed by atoms with Crippen molar-refractivity contribution in [3.63, 3.8) is 0 Å². The van der Waals surface area contributed by atoms with Crippen molar-refractivity contribution in [1.82, 2.24) is 0 Å². The van der Waals surface area contributed by atoms with E-state index in [4.69, 9.17) is 23.2 Å². The van der Waals surface area contributed by atoms with Crippen LogP contribution < -0.4 is 5.32 Å². The summed E-state index contributed by atoms with van der Waals surface area (Å²) in [5.41, 5.74) is 2.87. The maximum Gasteiger partial charge on any atom is 0.232 e. The number of hydrogen-bond donors (Lipinski definition) is 1. The number of amides is 1. The Labute approximate surface area is 146 Å². The number of hydrogen-bond acceptors (Lipinski definition) is 1. The number of carbonyl (C=O) groups is 1. The van der Waals surface area contributed by atoms with Gasteiger partial charge >= 0.3 is 0 Å². The van der Waals surface area contributed by atoms with Crippen molar-refractivity contribution in [2.75, 3.05) is 5.32 Å². The normalized spacial score (nSPS) is 17.5. The van der Waals surface area contributed by atoms with E-state index >= 15 is 0 Å². The fourth-order valence-electron chi connectivity index (χ4n) is 3.22. The van der Waals surface area contributed by atoms with Gasteiger partial charge in [0.15, 0.2) is 0 Å². The zero-order valence-corrected chi connectivity index (χ0v) is 14.1. The van der Waals surface area contributed by atoms with E-state index in [2.05, 4.69) is 11.9 Å². The molecule has 0 aliphatic carbocycles. The first-order valence-corrected chi connectivity index (χ1v) is 8.32. The van der Waals surface area contributed by atoms with Gasteiger partial charge in [-0.3, -0.25) is 4.79 Å². The molecule has 0 fully saturated rings. The summed E-state index contributed by atoms with van der Waals surface area (Å²) >= 11 is 12.2. The van der Waals surface area contributed by atoms with Crippen LogP contribution >= 0.6 is 23.2 Å². The highest BCUT2D eigenvalue weighted by molar-refractivity contribution is 6.31. The highest BCUT2D eigenvalue weighted by atomic mass is 35.5. The van der Waals surface area contributed by atoms with Crippen molar-refractivity contribution in [2.24, 2.45) is 0 Å². The summed E-state index contributed by atoms with van der Waals surface area (Å²) in [6.45, 7) is 3.80.